The number of nitrogens with zero attached hydrogens (tertiary/aromatic N) is 2. The molecule has 1 aromatic carbocycles. The second kappa shape index (κ2) is 4.14. The molecule has 3 nitrogen and oxygen atoms in total. The van der Waals surface area contributed by atoms with Crippen LogP contribution in [-0.2, 0) is 0 Å². The van der Waals surface area contributed by atoms with Gasteiger partial charge in [0.15, 0.2) is 5.75 Å². The minimum atomic E-state index is 0.699. The molecule has 0 saturated carbocycles. The third kappa shape index (κ3) is 2.16. The van der Waals surface area contributed by atoms with Crippen LogP contribution in [0.5, 0.6) is 5.75 Å². The average molecular weight is 317 g/mol. The van der Waals surface area contributed by atoms with Crippen molar-refractivity contribution in [2.75, 3.05) is 0 Å². The van der Waals surface area contributed by atoms with Gasteiger partial charge in [0.25, 0.3) is 0 Å². The van der Waals surface area contributed by atoms with Gasteiger partial charge < -0.3 is 4.84 Å². The number of hydrogen-bond donors (Lipinski definition) is 0. The first-order chi connectivity index (χ1) is 6.75. The van der Waals surface area contributed by atoms with Crippen LogP contribution >= 0.6 is 31.9 Å². The molecule has 0 bridgehead atoms. The van der Waals surface area contributed by atoms with Gasteiger partial charge in [-0.15, -0.1) is 5.10 Å². The van der Waals surface area contributed by atoms with E-state index in [1.54, 1.807) is 6.20 Å². The molecule has 1 radical (unpaired) electrons. The van der Waals surface area contributed by atoms with Gasteiger partial charge in [0.1, 0.15) is 0 Å². The fraction of sp³-hybridized carbons (Fsp3) is 0. The molecule has 0 aliphatic rings. The van der Waals surface area contributed by atoms with Gasteiger partial charge in [-0.2, -0.15) is 0 Å². The summed E-state index contributed by atoms with van der Waals surface area (Å²) in [5.74, 6) is 0.699. The Morgan fingerprint density at radius 2 is 2.21 bits per heavy atom. The lowest BCUT2D eigenvalue weighted by atomic mass is 10.3. The van der Waals surface area contributed by atoms with E-state index < -0.39 is 0 Å². The maximum atomic E-state index is 5.41. The Morgan fingerprint density at radius 3 is 2.86 bits per heavy atom. The van der Waals surface area contributed by atoms with Crippen molar-refractivity contribution in [2.24, 2.45) is 0 Å². The summed E-state index contributed by atoms with van der Waals surface area (Å²) in [7, 11) is 0. The fourth-order valence-electron chi connectivity index (χ4n) is 0.921. The van der Waals surface area contributed by atoms with E-state index in [-0.39, 0.29) is 0 Å². The monoisotopic (exact) mass is 315 g/mol. The van der Waals surface area contributed by atoms with E-state index in [4.69, 9.17) is 4.84 Å². The first-order valence-electron chi connectivity index (χ1n) is 3.80. The van der Waals surface area contributed by atoms with Crippen LogP contribution in [0.1, 0.15) is 0 Å². The Kier molecular flexibility index (Phi) is 2.88. The van der Waals surface area contributed by atoms with Crippen molar-refractivity contribution in [3.63, 3.8) is 0 Å². The summed E-state index contributed by atoms with van der Waals surface area (Å²) in [6.45, 7) is 0. The van der Waals surface area contributed by atoms with Crippen LogP contribution < -0.4 is 4.84 Å². The van der Waals surface area contributed by atoms with E-state index in [2.05, 4.69) is 43.0 Å². The molecular weight excluding hydrogens is 312 g/mol. The van der Waals surface area contributed by atoms with Crippen molar-refractivity contribution in [3.05, 3.63) is 45.6 Å². The molecule has 1 heterocycles. The van der Waals surface area contributed by atoms with Gasteiger partial charge in [0, 0.05) is 10.5 Å². The molecule has 2 aromatic rings. The molecule has 0 spiro atoms. The smallest absolute Gasteiger partial charge is 0.172 e. The zero-order valence-corrected chi connectivity index (χ0v) is 10.1. The first kappa shape index (κ1) is 9.73. The number of rotatable bonds is 2. The molecule has 0 amide bonds. The van der Waals surface area contributed by atoms with Gasteiger partial charge in [-0.05, 0) is 34.1 Å². The maximum absolute atomic E-state index is 5.41. The Labute approximate surface area is 97.9 Å². The molecule has 0 unspecified atom stereocenters. The lowest BCUT2D eigenvalue weighted by Crippen LogP contribution is -2.05. The van der Waals surface area contributed by atoms with E-state index in [1.165, 1.54) is 11.0 Å². The summed E-state index contributed by atoms with van der Waals surface area (Å²) in [5, 5.41) is 3.88. The summed E-state index contributed by atoms with van der Waals surface area (Å²) >= 11 is 6.75. The Balaban J connectivity index is 2.25. The van der Waals surface area contributed by atoms with Gasteiger partial charge in [-0.25, -0.2) is 0 Å². The zero-order valence-electron chi connectivity index (χ0n) is 6.95. The summed E-state index contributed by atoms with van der Waals surface area (Å²) in [6.07, 6.45) is 3.14. The lowest BCUT2D eigenvalue weighted by Gasteiger charge is -2.05. The van der Waals surface area contributed by atoms with Crippen LogP contribution in [0, 0.1) is 6.07 Å². The second-order valence-corrected chi connectivity index (χ2v) is 4.28. The SMILES string of the molecule is Brc1ccc(On2c[c]cn2)c(Br)c1. The van der Waals surface area contributed by atoms with Crippen molar-refractivity contribution < 1.29 is 4.84 Å². The van der Waals surface area contributed by atoms with Crippen LogP contribution in [0.2, 0.25) is 0 Å². The average Bonchev–Trinajstić information content (AvgIpc) is 2.62. The Morgan fingerprint density at radius 1 is 1.36 bits per heavy atom. The molecule has 0 atom stereocenters. The quantitative estimate of drug-likeness (QED) is 0.851. The molecule has 0 fully saturated rings. The Bertz CT molecular complexity index is 428. The van der Waals surface area contributed by atoms with Crippen LogP contribution in [0.3, 0.4) is 0 Å². The maximum Gasteiger partial charge on any atom is 0.172 e. The highest BCUT2D eigenvalue weighted by Crippen LogP contribution is 2.28. The van der Waals surface area contributed by atoms with Crippen LogP contribution in [0.25, 0.3) is 0 Å². The van der Waals surface area contributed by atoms with Gasteiger partial charge in [0.2, 0.25) is 0 Å². The standard InChI is InChI=1S/C9H5Br2N2O/c10-7-2-3-9(8(11)6-7)14-13-5-1-4-12-13/h2-6H. The predicted octanol–water partition coefficient (Wildman–Crippen LogP) is 3.05. The molecule has 71 valence electrons. The lowest BCUT2D eigenvalue weighted by molar-refractivity contribution is 0.177. The third-order valence-electron chi connectivity index (χ3n) is 1.52. The van der Waals surface area contributed by atoms with E-state index >= 15 is 0 Å². The number of halogens is 2. The second-order valence-electron chi connectivity index (χ2n) is 2.51. The van der Waals surface area contributed by atoms with Crippen LogP contribution in [0.15, 0.2) is 39.5 Å². The normalized spacial score (nSPS) is 10.1. The molecular formula is C9H5Br2N2O. The molecule has 0 N–H and O–H groups in total. The highest BCUT2D eigenvalue weighted by molar-refractivity contribution is 9.11. The molecule has 2 rings (SSSR count). The molecule has 0 aliphatic carbocycles. The molecule has 5 heteroatoms. The van der Waals surface area contributed by atoms with Crippen molar-refractivity contribution in [1.82, 2.24) is 9.94 Å². The van der Waals surface area contributed by atoms with Crippen LogP contribution in [-0.4, -0.2) is 9.94 Å². The van der Waals surface area contributed by atoms with Crippen molar-refractivity contribution in [2.45, 2.75) is 0 Å². The van der Waals surface area contributed by atoms with Gasteiger partial charge >= 0.3 is 0 Å². The van der Waals surface area contributed by atoms with Gasteiger partial charge in [-0.3, -0.25) is 0 Å². The van der Waals surface area contributed by atoms with E-state index in [1.807, 2.05) is 18.2 Å². The summed E-state index contributed by atoms with van der Waals surface area (Å²) < 4.78 is 1.85. The van der Waals surface area contributed by atoms with Crippen molar-refractivity contribution in [3.8, 4) is 5.75 Å². The summed E-state index contributed by atoms with van der Waals surface area (Å²) in [6, 6.07) is 8.43. The molecule has 1 aromatic heterocycles. The number of benzene rings is 1. The van der Waals surface area contributed by atoms with Crippen molar-refractivity contribution in [1.29, 1.82) is 0 Å². The number of aromatic nitrogens is 2. The minimum Gasteiger partial charge on any atom is -0.357 e. The topological polar surface area (TPSA) is 27.1 Å². The zero-order chi connectivity index (χ0) is 9.97. The summed E-state index contributed by atoms with van der Waals surface area (Å²) in [5.41, 5.74) is 0. The summed E-state index contributed by atoms with van der Waals surface area (Å²) in [4.78, 5) is 6.75. The Hall–Kier alpha value is -0.810. The number of hydrogen-bond acceptors (Lipinski definition) is 2. The van der Waals surface area contributed by atoms with Crippen molar-refractivity contribution >= 4 is 31.9 Å². The van der Waals surface area contributed by atoms with Crippen LogP contribution in [0.4, 0.5) is 0 Å². The highest BCUT2D eigenvalue weighted by Gasteiger charge is 2.02. The minimum absolute atomic E-state index is 0.699. The molecule has 0 aliphatic heterocycles. The molecule has 14 heavy (non-hydrogen) atoms. The molecule has 0 saturated heterocycles. The largest absolute Gasteiger partial charge is 0.357 e. The highest BCUT2D eigenvalue weighted by atomic mass is 79.9. The third-order valence-corrected chi connectivity index (χ3v) is 2.63. The first-order valence-corrected chi connectivity index (χ1v) is 5.38. The van der Waals surface area contributed by atoms with Gasteiger partial charge in [-0.1, -0.05) is 20.8 Å². The fourth-order valence-corrected chi connectivity index (χ4v) is 2.04. The predicted molar refractivity (Wildman–Crippen MR) is 58.9 cm³/mol. The van der Waals surface area contributed by atoms with E-state index in [0.29, 0.717) is 5.75 Å². The van der Waals surface area contributed by atoms with E-state index in [0.717, 1.165) is 8.95 Å². The van der Waals surface area contributed by atoms with E-state index in [9.17, 15) is 0 Å². The van der Waals surface area contributed by atoms with Gasteiger partial charge in [0.05, 0.1) is 16.9 Å².